The lowest BCUT2D eigenvalue weighted by Crippen LogP contribution is -2.41. The molecule has 1 aromatic heterocycles. The van der Waals surface area contributed by atoms with Gasteiger partial charge in [0.05, 0.1) is 11.5 Å². The average Bonchev–Trinajstić information content (AvgIpc) is 3.30. The second-order valence-corrected chi connectivity index (χ2v) is 8.15. The van der Waals surface area contributed by atoms with Gasteiger partial charge in [-0.05, 0) is 57.8 Å². The Kier molecular flexibility index (Phi) is 10.7. The van der Waals surface area contributed by atoms with Gasteiger partial charge in [-0.2, -0.15) is 8.42 Å². The van der Waals surface area contributed by atoms with Crippen LogP contribution in [0.2, 0.25) is 0 Å². The molecule has 1 atom stereocenters. The molecule has 2 heterocycles. The van der Waals surface area contributed by atoms with Gasteiger partial charge >= 0.3 is 23.2 Å². The monoisotopic (exact) mass is 506 g/mol. The number of hydrogen-bond donors (Lipinski definition) is 1. The summed E-state index contributed by atoms with van der Waals surface area (Å²) in [7, 11) is 0. The summed E-state index contributed by atoms with van der Waals surface area (Å²) in [5.41, 5.74) is 7.51. The summed E-state index contributed by atoms with van der Waals surface area (Å²) < 4.78 is 21.8. The first kappa shape index (κ1) is 27.8. The zero-order valence-corrected chi connectivity index (χ0v) is 20.8. The highest BCUT2D eigenvalue weighted by Crippen LogP contribution is 2.33. The molecule has 0 amide bonds. The molecule has 0 bridgehead atoms. The maximum absolute atomic E-state index is 12.6. The normalized spacial score (nSPS) is 13.9. The molecular formula is C22H30N6O6S. The molecule has 1 aliphatic heterocycles. The third kappa shape index (κ3) is 7.79. The largest absolute Gasteiger partial charge is 0.464 e. The lowest BCUT2D eigenvalue weighted by molar-refractivity contribution is -0.383. The van der Waals surface area contributed by atoms with Crippen LogP contribution in [0.4, 0.5) is 17.3 Å². The number of carbonyl (C=O) groups excluding carboxylic acids is 1. The summed E-state index contributed by atoms with van der Waals surface area (Å²) >= 11 is -0.750. The molecule has 13 heteroatoms. The number of aromatic nitrogens is 2. The van der Waals surface area contributed by atoms with Crippen molar-refractivity contribution >= 4 is 34.9 Å². The fourth-order valence-electron chi connectivity index (χ4n) is 3.96. The number of rotatable bonds is 9. The van der Waals surface area contributed by atoms with Crippen molar-refractivity contribution < 1.29 is 22.9 Å². The highest BCUT2D eigenvalue weighted by Gasteiger charge is 2.33. The standard InChI is InChI=1S/C22H30N6O4.O2S/c1-4-32-22(29)15(2)27(21-19(28(30)31)20(23)24-16(3)25-21)14-18-9-7-8-17(12-18)13-26-10-5-6-11-26;1-3-2/h7-9,12,15H,4-6,10-11,13-14H2,1-3H3,(H2,23,24,25);. The fraction of sp³-hybridized carbons (Fsp3) is 0.500. The minimum Gasteiger partial charge on any atom is -0.464 e. The fourth-order valence-corrected chi connectivity index (χ4v) is 3.96. The van der Waals surface area contributed by atoms with Gasteiger partial charge in [0.1, 0.15) is 11.9 Å². The maximum atomic E-state index is 12.6. The summed E-state index contributed by atoms with van der Waals surface area (Å²) in [5, 5.41) is 11.8. The van der Waals surface area contributed by atoms with Gasteiger partial charge in [-0.3, -0.25) is 15.0 Å². The van der Waals surface area contributed by atoms with Gasteiger partial charge in [-0.25, -0.2) is 14.8 Å². The number of anilines is 2. The molecule has 3 rings (SSSR count). The van der Waals surface area contributed by atoms with Crippen LogP contribution >= 0.6 is 0 Å². The third-order valence-electron chi connectivity index (χ3n) is 5.50. The topological polar surface area (TPSA) is 162 Å². The molecule has 1 saturated heterocycles. The van der Waals surface area contributed by atoms with Crippen LogP contribution in [-0.4, -0.2) is 59.9 Å². The maximum Gasteiger partial charge on any atom is 0.353 e. The van der Waals surface area contributed by atoms with Crippen LogP contribution in [0.15, 0.2) is 24.3 Å². The Labute approximate surface area is 207 Å². The molecule has 1 aromatic carbocycles. The molecule has 2 aromatic rings. The molecule has 0 saturated carbocycles. The van der Waals surface area contributed by atoms with E-state index in [1.54, 1.807) is 25.7 Å². The molecular weight excluding hydrogens is 476 g/mol. The Balaban J connectivity index is 0.00000137. The van der Waals surface area contributed by atoms with E-state index in [2.05, 4.69) is 27.0 Å². The second-order valence-electron chi connectivity index (χ2n) is 8.01. The van der Waals surface area contributed by atoms with E-state index >= 15 is 0 Å². The van der Waals surface area contributed by atoms with Crippen molar-refractivity contribution in [2.45, 2.75) is 52.7 Å². The van der Waals surface area contributed by atoms with E-state index in [1.807, 2.05) is 12.1 Å². The van der Waals surface area contributed by atoms with E-state index in [9.17, 15) is 14.9 Å². The molecule has 2 N–H and O–H groups in total. The van der Waals surface area contributed by atoms with E-state index in [0.717, 1.165) is 30.8 Å². The number of ether oxygens (including phenoxy) is 1. The molecule has 1 aliphatic rings. The molecule has 1 unspecified atom stereocenters. The van der Waals surface area contributed by atoms with E-state index in [4.69, 9.17) is 18.9 Å². The van der Waals surface area contributed by atoms with Crippen molar-refractivity contribution in [3.8, 4) is 0 Å². The van der Waals surface area contributed by atoms with Gasteiger partial charge in [0.15, 0.2) is 0 Å². The average molecular weight is 507 g/mol. The minimum absolute atomic E-state index is 0.00509. The number of nitrogens with zero attached hydrogens (tertiary/aromatic N) is 5. The number of carbonyl (C=O) groups is 1. The lowest BCUT2D eigenvalue weighted by Gasteiger charge is -2.29. The summed E-state index contributed by atoms with van der Waals surface area (Å²) in [5.74, 6) is -0.441. The minimum atomic E-state index is -0.815. The van der Waals surface area contributed by atoms with E-state index in [0.29, 0.717) is 0 Å². The van der Waals surface area contributed by atoms with Crippen LogP contribution in [-0.2, 0) is 34.2 Å². The Morgan fingerprint density at radius 2 is 1.91 bits per heavy atom. The molecule has 0 aliphatic carbocycles. The first-order chi connectivity index (χ1) is 16.7. The summed E-state index contributed by atoms with van der Waals surface area (Å²) in [4.78, 5) is 35.9. The Bertz CT molecular complexity index is 1070. The SMILES string of the molecule is CCOC(=O)C(C)N(Cc1cccc(CN2CCCC2)c1)c1nc(C)nc(N)c1[N+](=O)[O-].O=S=O. The van der Waals surface area contributed by atoms with E-state index < -0.39 is 34.2 Å². The third-order valence-corrected chi connectivity index (χ3v) is 5.50. The Morgan fingerprint density at radius 3 is 2.51 bits per heavy atom. The first-order valence-electron chi connectivity index (χ1n) is 11.2. The zero-order chi connectivity index (χ0) is 26.0. The number of nitro groups is 1. The second kappa shape index (κ2) is 13.4. The van der Waals surface area contributed by atoms with Crippen LogP contribution in [0.3, 0.4) is 0 Å². The van der Waals surface area contributed by atoms with Gasteiger partial charge in [0.2, 0.25) is 11.6 Å². The van der Waals surface area contributed by atoms with Crippen LogP contribution < -0.4 is 10.6 Å². The number of aryl methyl sites for hydroxylation is 1. The van der Waals surface area contributed by atoms with E-state index in [1.165, 1.54) is 12.8 Å². The molecule has 1 fully saturated rings. The highest BCUT2D eigenvalue weighted by atomic mass is 32.1. The van der Waals surface area contributed by atoms with Crippen molar-refractivity contribution in [3.05, 3.63) is 51.3 Å². The van der Waals surface area contributed by atoms with Crippen molar-refractivity contribution in [3.63, 3.8) is 0 Å². The zero-order valence-electron chi connectivity index (χ0n) is 20.0. The molecule has 190 valence electrons. The van der Waals surface area contributed by atoms with Gasteiger partial charge < -0.3 is 15.4 Å². The summed E-state index contributed by atoms with van der Waals surface area (Å²) in [6, 6.07) is 7.20. The quantitative estimate of drug-likeness (QED) is 0.301. The number of nitrogen functional groups attached to an aromatic ring is 1. The van der Waals surface area contributed by atoms with Crippen molar-refractivity contribution in [1.82, 2.24) is 14.9 Å². The molecule has 12 nitrogen and oxygen atoms in total. The molecule has 35 heavy (non-hydrogen) atoms. The van der Waals surface area contributed by atoms with Crippen LogP contribution in [0, 0.1) is 17.0 Å². The summed E-state index contributed by atoms with van der Waals surface area (Å²) in [6.07, 6.45) is 2.42. The Morgan fingerprint density at radius 1 is 1.29 bits per heavy atom. The first-order valence-corrected chi connectivity index (χ1v) is 11.8. The van der Waals surface area contributed by atoms with Gasteiger partial charge in [0, 0.05) is 13.1 Å². The van der Waals surface area contributed by atoms with Crippen LogP contribution in [0.1, 0.15) is 43.6 Å². The molecule has 0 radical (unpaired) electrons. The predicted octanol–water partition coefficient (Wildman–Crippen LogP) is 2.16. The van der Waals surface area contributed by atoms with Crippen molar-refractivity contribution in [2.24, 2.45) is 0 Å². The number of hydrogen-bond acceptors (Lipinski definition) is 11. The number of benzene rings is 1. The molecule has 0 spiro atoms. The lowest BCUT2D eigenvalue weighted by atomic mass is 10.1. The van der Waals surface area contributed by atoms with Crippen LogP contribution in [0.25, 0.3) is 0 Å². The predicted molar refractivity (Wildman–Crippen MR) is 130 cm³/mol. The number of esters is 1. The van der Waals surface area contributed by atoms with Crippen molar-refractivity contribution in [2.75, 3.05) is 30.3 Å². The van der Waals surface area contributed by atoms with Gasteiger partial charge in [-0.15, -0.1) is 0 Å². The van der Waals surface area contributed by atoms with Crippen molar-refractivity contribution in [1.29, 1.82) is 0 Å². The number of likely N-dealkylation sites (tertiary alicyclic amines) is 1. The van der Waals surface area contributed by atoms with E-state index in [-0.39, 0.29) is 30.6 Å². The smallest absolute Gasteiger partial charge is 0.353 e. The number of nitrogens with two attached hydrogens (primary N) is 1. The van der Waals surface area contributed by atoms with Gasteiger partial charge in [0.25, 0.3) is 0 Å². The van der Waals surface area contributed by atoms with Gasteiger partial charge in [-0.1, -0.05) is 24.3 Å². The van der Waals surface area contributed by atoms with Crippen LogP contribution in [0.5, 0.6) is 0 Å². The Hall–Kier alpha value is -3.45. The highest BCUT2D eigenvalue weighted by molar-refractivity contribution is 7.51. The summed E-state index contributed by atoms with van der Waals surface area (Å²) in [6.45, 7) is 8.41.